The molecule has 0 aromatic carbocycles. The Morgan fingerprint density at radius 3 is 3.00 bits per heavy atom. The highest BCUT2D eigenvalue weighted by Crippen LogP contribution is 2.11. The number of hydrogen-bond acceptors (Lipinski definition) is 3. The van der Waals surface area contributed by atoms with E-state index in [1.54, 1.807) is 6.20 Å². The summed E-state index contributed by atoms with van der Waals surface area (Å²) in [5.74, 6) is 1.48. The third-order valence-corrected chi connectivity index (χ3v) is 2.20. The van der Waals surface area contributed by atoms with Crippen LogP contribution < -0.4 is 4.74 Å². The number of aliphatic imine (C=N–C) groups is 1. The molecule has 0 atom stereocenters. The van der Waals surface area contributed by atoms with Crippen LogP contribution in [0, 0.1) is 0 Å². The fraction of sp³-hybridized carbons (Fsp3) is 0.455. The Balaban J connectivity index is 1.99. The number of ether oxygens (including phenoxy) is 1. The van der Waals surface area contributed by atoms with Crippen molar-refractivity contribution >= 4 is 5.90 Å². The lowest BCUT2D eigenvalue weighted by Crippen LogP contribution is -2.08. The largest absolute Gasteiger partial charge is 0.425 e. The summed E-state index contributed by atoms with van der Waals surface area (Å²) in [6.45, 7) is 0.891. The molecule has 0 bridgehead atoms. The molecule has 0 aliphatic carbocycles. The first kappa shape index (κ1) is 9.19. The van der Waals surface area contributed by atoms with E-state index in [0.717, 1.165) is 18.9 Å². The summed E-state index contributed by atoms with van der Waals surface area (Å²) in [6, 6.07) is 5.65. The van der Waals surface area contributed by atoms with E-state index in [2.05, 4.69) is 9.98 Å². The summed E-state index contributed by atoms with van der Waals surface area (Å²) in [7, 11) is 0. The molecule has 0 saturated heterocycles. The van der Waals surface area contributed by atoms with Crippen molar-refractivity contribution in [3.8, 4) is 5.88 Å². The third kappa shape index (κ3) is 2.55. The fourth-order valence-electron chi connectivity index (χ4n) is 1.46. The SMILES string of the molecule is c1ccc(OC2=NCCCCC2)nc1. The lowest BCUT2D eigenvalue weighted by atomic mass is 10.2. The van der Waals surface area contributed by atoms with Crippen molar-refractivity contribution in [1.29, 1.82) is 0 Å². The van der Waals surface area contributed by atoms with E-state index in [1.807, 2.05) is 18.2 Å². The predicted octanol–water partition coefficient (Wildman–Crippen LogP) is 2.43. The summed E-state index contributed by atoms with van der Waals surface area (Å²) in [4.78, 5) is 8.47. The quantitative estimate of drug-likeness (QED) is 0.681. The van der Waals surface area contributed by atoms with Gasteiger partial charge in [-0.05, 0) is 18.9 Å². The smallest absolute Gasteiger partial charge is 0.220 e. The second kappa shape index (κ2) is 4.74. The molecular formula is C11H14N2O. The highest BCUT2D eigenvalue weighted by Gasteiger charge is 2.06. The molecular weight excluding hydrogens is 176 g/mol. The molecule has 0 spiro atoms. The lowest BCUT2D eigenvalue weighted by Gasteiger charge is -2.04. The van der Waals surface area contributed by atoms with Crippen LogP contribution in [0.3, 0.4) is 0 Å². The molecule has 1 aromatic heterocycles. The van der Waals surface area contributed by atoms with Crippen LogP contribution in [-0.2, 0) is 0 Å². The van der Waals surface area contributed by atoms with Crippen LogP contribution in [0.5, 0.6) is 5.88 Å². The number of nitrogens with zero attached hydrogens (tertiary/aromatic N) is 2. The maximum atomic E-state index is 5.57. The Hall–Kier alpha value is -1.38. The van der Waals surface area contributed by atoms with Crippen molar-refractivity contribution in [1.82, 2.24) is 4.98 Å². The molecule has 3 nitrogen and oxygen atoms in total. The van der Waals surface area contributed by atoms with Crippen LogP contribution in [0.1, 0.15) is 25.7 Å². The first-order valence-electron chi connectivity index (χ1n) is 5.07. The van der Waals surface area contributed by atoms with Gasteiger partial charge in [0.1, 0.15) is 0 Å². The molecule has 1 aliphatic heterocycles. The minimum absolute atomic E-state index is 0.646. The van der Waals surface area contributed by atoms with E-state index in [0.29, 0.717) is 5.88 Å². The number of hydrogen-bond donors (Lipinski definition) is 0. The van der Waals surface area contributed by atoms with Crippen molar-refractivity contribution in [2.45, 2.75) is 25.7 Å². The summed E-state index contributed by atoms with van der Waals surface area (Å²) < 4.78 is 5.57. The number of pyridine rings is 1. The van der Waals surface area contributed by atoms with Gasteiger partial charge in [0.05, 0.1) is 0 Å². The molecule has 0 N–H and O–H groups in total. The van der Waals surface area contributed by atoms with Gasteiger partial charge in [-0.15, -0.1) is 0 Å². The van der Waals surface area contributed by atoms with E-state index >= 15 is 0 Å². The van der Waals surface area contributed by atoms with E-state index in [4.69, 9.17) is 4.74 Å². The molecule has 3 heteroatoms. The number of aromatic nitrogens is 1. The minimum atomic E-state index is 0.646. The van der Waals surface area contributed by atoms with Crippen LogP contribution in [0.15, 0.2) is 29.4 Å². The van der Waals surface area contributed by atoms with Gasteiger partial charge in [0, 0.05) is 25.2 Å². The van der Waals surface area contributed by atoms with Crippen LogP contribution >= 0.6 is 0 Å². The van der Waals surface area contributed by atoms with E-state index in [-0.39, 0.29) is 0 Å². The van der Waals surface area contributed by atoms with Gasteiger partial charge in [0.15, 0.2) is 5.90 Å². The van der Waals surface area contributed by atoms with Gasteiger partial charge in [0.25, 0.3) is 0 Å². The average molecular weight is 190 g/mol. The highest BCUT2D eigenvalue weighted by atomic mass is 16.5. The van der Waals surface area contributed by atoms with Crippen LogP contribution in [0.2, 0.25) is 0 Å². The molecule has 14 heavy (non-hydrogen) atoms. The summed E-state index contributed by atoms with van der Waals surface area (Å²) in [5, 5.41) is 0. The second-order valence-electron chi connectivity index (χ2n) is 3.36. The summed E-state index contributed by atoms with van der Waals surface area (Å²) in [6.07, 6.45) is 6.27. The fourth-order valence-corrected chi connectivity index (χ4v) is 1.46. The topological polar surface area (TPSA) is 34.5 Å². The van der Waals surface area contributed by atoms with Crippen LogP contribution in [-0.4, -0.2) is 17.4 Å². The van der Waals surface area contributed by atoms with Gasteiger partial charge in [-0.3, -0.25) is 4.99 Å². The number of rotatable bonds is 1. The second-order valence-corrected chi connectivity index (χ2v) is 3.36. The van der Waals surface area contributed by atoms with E-state index in [9.17, 15) is 0 Å². The van der Waals surface area contributed by atoms with Gasteiger partial charge in [-0.25, -0.2) is 4.98 Å². The monoisotopic (exact) mass is 190 g/mol. The molecule has 0 radical (unpaired) electrons. The van der Waals surface area contributed by atoms with Gasteiger partial charge >= 0.3 is 0 Å². The van der Waals surface area contributed by atoms with E-state index < -0.39 is 0 Å². The zero-order valence-electron chi connectivity index (χ0n) is 8.15. The first-order valence-corrected chi connectivity index (χ1v) is 5.07. The Morgan fingerprint density at radius 2 is 2.14 bits per heavy atom. The zero-order chi connectivity index (χ0) is 9.64. The van der Waals surface area contributed by atoms with E-state index in [1.165, 1.54) is 19.3 Å². The molecule has 0 saturated carbocycles. The van der Waals surface area contributed by atoms with Crippen molar-refractivity contribution < 1.29 is 4.74 Å². The standard InChI is InChI=1S/C11H14N2O/c1-2-6-10(12-8-4-1)14-11-7-3-5-9-13-11/h3,5,7,9H,1-2,4,6,8H2. The molecule has 0 amide bonds. The maximum Gasteiger partial charge on any atom is 0.220 e. The lowest BCUT2D eigenvalue weighted by molar-refractivity contribution is 0.507. The molecule has 74 valence electrons. The van der Waals surface area contributed by atoms with Gasteiger partial charge in [0.2, 0.25) is 5.88 Å². The normalized spacial score (nSPS) is 17.0. The molecule has 0 unspecified atom stereocenters. The summed E-state index contributed by atoms with van der Waals surface area (Å²) >= 11 is 0. The summed E-state index contributed by atoms with van der Waals surface area (Å²) in [5.41, 5.74) is 0. The Labute approximate surface area is 83.8 Å². The van der Waals surface area contributed by atoms with Gasteiger partial charge < -0.3 is 4.74 Å². The molecule has 1 aromatic rings. The van der Waals surface area contributed by atoms with Crippen molar-refractivity contribution in [3.05, 3.63) is 24.4 Å². The van der Waals surface area contributed by atoms with Crippen LogP contribution in [0.25, 0.3) is 0 Å². The maximum absolute atomic E-state index is 5.57. The first-order chi connectivity index (χ1) is 6.95. The highest BCUT2D eigenvalue weighted by molar-refractivity contribution is 5.78. The molecule has 2 heterocycles. The molecule has 0 fully saturated rings. The zero-order valence-corrected chi connectivity index (χ0v) is 8.15. The Morgan fingerprint density at radius 1 is 1.14 bits per heavy atom. The predicted molar refractivity (Wildman–Crippen MR) is 55.6 cm³/mol. The van der Waals surface area contributed by atoms with Crippen molar-refractivity contribution in [2.24, 2.45) is 4.99 Å². The van der Waals surface area contributed by atoms with Gasteiger partial charge in [-0.2, -0.15) is 0 Å². The van der Waals surface area contributed by atoms with Gasteiger partial charge in [-0.1, -0.05) is 12.5 Å². The Kier molecular flexibility index (Phi) is 3.11. The average Bonchev–Trinajstić information content (AvgIpc) is 2.48. The Bertz CT molecular complexity index is 308. The van der Waals surface area contributed by atoms with Crippen LogP contribution in [0.4, 0.5) is 0 Å². The third-order valence-electron chi connectivity index (χ3n) is 2.20. The molecule has 2 rings (SSSR count). The molecule has 1 aliphatic rings. The minimum Gasteiger partial charge on any atom is -0.425 e. The van der Waals surface area contributed by atoms with Crippen molar-refractivity contribution in [3.63, 3.8) is 0 Å². The van der Waals surface area contributed by atoms with Crippen molar-refractivity contribution in [2.75, 3.05) is 6.54 Å².